The molecule has 0 unspecified atom stereocenters. The maximum Gasteiger partial charge on any atom is 0.223 e. The molecule has 1 aliphatic heterocycles. The van der Waals surface area contributed by atoms with Gasteiger partial charge in [-0.25, -0.2) is 0 Å². The predicted octanol–water partition coefficient (Wildman–Crippen LogP) is 2.30. The number of hydrogen-bond acceptors (Lipinski definition) is 4. The first-order valence-electron chi connectivity index (χ1n) is 8.47. The molecule has 1 fully saturated rings. The molecule has 1 aromatic heterocycles. The van der Waals surface area contributed by atoms with Crippen molar-refractivity contribution < 1.29 is 9.53 Å². The Hall–Kier alpha value is -2.21. The molecule has 0 spiro atoms. The molecule has 6 heteroatoms. The molecule has 0 bridgehead atoms. The summed E-state index contributed by atoms with van der Waals surface area (Å²) >= 11 is 0. The third-order valence-corrected chi connectivity index (χ3v) is 4.64. The Morgan fingerprint density at radius 3 is 2.83 bits per heavy atom. The topological polar surface area (TPSA) is 60.3 Å². The van der Waals surface area contributed by atoms with Crippen molar-refractivity contribution in [2.75, 3.05) is 19.7 Å². The standard InChI is InChI=1S/C18H24N4O2/c1-3-14(15-7-5-4-6-8-15)11-17(23)22-9-10-24-16(12-22)18-20-19-13-21(18)2/h4-8,13-14,16H,3,9-12H2,1-2H3/t14-,16-/m1/s1. The molecule has 0 saturated carbocycles. The second-order valence-electron chi connectivity index (χ2n) is 6.22. The van der Waals surface area contributed by atoms with Gasteiger partial charge in [-0.2, -0.15) is 0 Å². The molecule has 128 valence electrons. The van der Waals surface area contributed by atoms with E-state index < -0.39 is 0 Å². The molecule has 0 N–H and O–H groups in total. The normalized spacial score (nSPS) is 19.2. The van der Waals surface area contributed by atoms with Crippen molar-refractivity contribution in [1.82, 2.24) is 19.7 Å². The molecule has 24 heavy (non-hydrogen) atoms. The van der Waals surface area contributed by atoms with Crippen molar-refractivity contribution in [3.63, 3.8) is 0 Å². The summed E-state index contributed by atoms with van der Waals surface area (Å²) in [5, 5.41) is 8.01. The maximum atomic E-state index is 12.8. The predicted molar refractivity (Wildman–Crippen MR) is 90.4 cm³/mol. The van der Waals surface area contributed by atoms with Crippen molar-refractivity contribution in [3.8, 4) is 0 Å². The summed E-state index contributed by atoms with van der Waals surface area (Å²) in [6.45, 7) is 3.84. The van der Waals surface area contributed by atoms with Gasteiger partial charge >= 0.3 is 0 Å². The molecule has 6 nitrogen and oxygen atoms in total. The van der Waals surface area contributed by atoms with Crippen LogP contribution >= 0.6 is 0 Å². The first-order chi connectivity index (χ1) is 11.7. The van der Waals surface area contributed by atoms with Gasteiger partial charge in [-0.1, -0.05) is 37.3 Å². The number of hydrogen-bond donors (Lipinski definition) is 0. The fourth-order valence-corrected chi connectivity index (χ4v) is 3.18. The molecule has 2 aromatic rings. The Balaban J connectivity index is 1.65. The van der Waals surface area contributed by atoms with E-state index in [-0.39, 0.29) is 17.9 Å². The lowest BCUT2D eigenvalue weighted by Gasteiger charge is -2.33. The second-order valence-corrected chi connectivity index (χ2v) is 6.22. The van der Waals surface area contributed by atoms with E-state index in [0.717, 1.165) is 12.2 Å². The summed E-state index contributed by atoms with van der Waals surface area (Å²) in [4.78, 5) is 14.7. The van der Waals surface area contributed by atoms with Crippen LogP contribution in [-0.4, -0.2) is 45.3 Å². The largest absolute Gasteiger partial charge is 0.366 e. The molecular weight excluding hydrogens is 304 g/mol. The Morgan fingerprint density at radius 1 is 1.38 bits per heavy atom. The maximum absolute atomic E-state index is 12.8. The van der Waals surface area contributed by atoms with Crippen LogP contribution in [0.5, 0.6) is 0 Å². The minimum atomic E-state index is -0.202. The van der Waals surface area contributed by atoms with Crippen molar-refractivity contribution in [2.45, 2.75) is 31.8 Å². The van der Waals surface area contributed by atoms with E-state index in [1.165, 1.54) is 5.56 Å². The number of aromatic nitrogens is 3. The van der Waals surface area contributed by atoms with Crippen LogP contribution in [0.1, 0.15) is 43.2 Å². The Morgan fingerprint density at radius 2 is 2.17 bits per heavy atom. The fourth-order valence-electron chi connectivity index (χ4n) is 3.18. The molecule has 1 aliphatic rings. The molecular formula is C18H24N4O2. The molecule has 1 saturated heterocycles. The van der Waals surface area contributed by atoms with E-state index in [1.54, 1.807) is 6.33 Å². The van der Waals surface area contributed by atoms with Crippen LogP contribution < -0.4 is 0 Å². The molecule has 2 atom stereocenters. The van der Waals surface area contributed by atoms with Gasteiger partial charge in [-0.3, -0.25) is 4.79 Å². The second kappa shape index (κ2) is 7.57. The van der Waals surface area contributed by atoms with Crippen molar-refractivity contribution >= 4 is 5.91 Å². The third kappa shape index (κ3) is 3.64. The SMILES string of the molecule is CC[C@H](CC(=O)N1CCO[C@@H](c2nncn2C)C1)c1ccccc1. The van der Waals surface area contributed by atoms with Gasteiger partial charge in [0.05, 0.1) is 13.2 Å². The zero-order valence-corrected chi connectivity index (χ0v) is 14.3. The monoisotopic (exact) mass is 328 g/mol. The highest BCUT2D eigenvalue weighted by molar-refractivity contribution is 5.77. The molecule has 1 aromatic carbocycles. The van der Waals surface area contributed by atoms with Crippen LogP contribution in [0, 0.1) is 0 Å². The minimum Gasteiger partial charge on any atom is -0.366 e. The van der Waals surface area contributed by atoms with Crippen molar-refractivity contribution in [1.29, 1.82) is 0 Å². The van der Waals surface area contributed by atoms with E-state index in [4.69, 9.17) is 4.74 Å². The van der Waals surface area contributed by atoms with Crippen LogP contribution in [0.2, 0.25) is 0 Å². The van der Waals surface area contributed by atoms with Crippen LogP contribution in [-0.2, 0) is 16.6 Å². The number of morpholine rings is 1. The van der Waals surface area contributed by atoms with E-state index in [1.807, 2.05) is 34.7 Å². The smallest absolute Gasteiger partial charge is 0.223 e. The van der Waals surface area contributed by atoms with Crippen molar-refractivity contribution in [3.05, 3.63) is 48.0 Å². The van der Waals surface area contributed by atoms with Gasteiger partial charge in [-0.15, -0.1) is 10.2 Å². The summed E-state index contributed by atoms with van der Waals surface area (Å²) in [5.41, 5.74) is 1.23. The van der Waals surface area contributed by atoms with Gasteiger partial charge in [0.2, 0.25) is 5.91 Å². The summed E-state index contributed by atoms with van der Waals surface area (Å²) < 4.78 is 7.63. The highest BCUT2D eigenvalue weighted by Gasteiger charge is 2.29. The molecule has 1 amide bonds. The van der Waals surface area contributed by atoms with E-state index >= 15 is 0 Å². The first kappa shape index (κ1) is 16.6. The Kier molecular flexibility index (Phi) is 5.25. The summed E-state index contributed by atoms with van der Waals surface area (Å²) in [6.07, 6.45) is 2.94. The lowest BCUT2D eigenvalue weighted by atomic mass is 9.92. The Labute approximate surface area is 142 Å². The average molecular weight is 328 g/mol. The minimum absolute atomic E-state index is 0.182. The number of benzene rings is 1. The van der Waals surface area contributed by atoms with Crippen LogP contribution in [0.3, 0.4) is 0 Å². The van der Waals surface area contributed by atoms with Gasteiger partial charge < -0.3 is 14.2 Å². The zero-order valence-electron chi connectivity index (χ0n) is 14.3. The quantitative estimate of drug-likeness (QED) is 0.845. The van der Waals surface area contributed by atoms with E-state index in [9.17, 15) is 4.79 Å². The van der Waals surface area contributed by atoms with Gasteiger partial charge in [0.15, 0.2) is 5.82 Å². The average Bonchev–Trinajstić information content (AvgIpc) is 3.06. The summed E-state index contributed by atoms with van der Waals surface area (Å²) in [5.74, 6) is 1.21. The zero-order chi connectivity index (χ0) is 16.9. The number of amides is 1. The number of nitrogens with zero attached hydrogens (tertiary/aromatic N) is 4. The van der Waals surface area contributed by atoms with E-state index in [2.05, 4.69) is 29.3 Å². The first-order valence-corrected chi connectivity index (χ1v) is 8.47. The van der Waals surface area contributed by atoms with Crippen LogP contribution in [0.4, 0.5) is 0 Å². The van der Waals surface area contributed by atoms with E-state index in [0.29, 0.717) is 26.1 Å². The Bertz CT molecular complexity index is 671. The number of carbonyl (C=O) groups is 1. The highest BCUT2D eigenvalue weighted by Crippen LogP contribution is 2.26. The fraction of sp³-hybridized carbons (Fsp3) is 0.500. The van der Waals surface area contributed by atoms with Crippen molar-refractivity contribution in [2.24, 2.45) is 7.05 Å². The lowest BCUT2D eigenvalue weighted by Crippen LogP contribution is -2.43. The lowest BCUT2D eigenvalue weighted by molar-refractivity contribution is -0.139. The van der Waals surface area contributed by atoms with Crippen LogP contribution in [0.25, 0.3) is 0 Å². The molecule has 0 aliphatic carbocycles. The van der Waals surface area contributed by atoms with Gasteiger partial charge in [0, 0.05) is 20.0 Å². The van der Waals surface area contributed by atoms with Gasteiger partial charge in [0.25, 0.3) is 0 Å². The number of carbonyl (C=O) groups excluding carboxylic acids is 1. The summed E-state index contributed by atoms with van der Waals surface area (Å²) in [7, 11) is 1.89. The van der Waals surface area contributed by atoms with Crippen LogP contribution in [0.15, 0.2) is 36.7 Å². The molecule has 3 rings (SSSR count). The van der Waals surface area contributed by atoms with Gasteiger partial charge in [-0.05, 0) is 17.9 Å². The van der Waals surface area contributed by atoms with Gasteiger partial charge in [0.1, 0.15) is 12.4 Å². The molecule has 0 radical (unpaired) electrons. The number of rotatable bonds is 5. The molecule has 2 heterocycles. The summed E-state index contributed by atoms with van der Waals surface area (Å²) in [6, 6.07) is 10.3. The highest BCUT2D eigenvalue weighted by atomic mass is 16.5. The number of ether oxygens (including phenoxy) is 1. The number of aryl methyl sites for hydroxylation is 1. The third-order valence-electron chi connectivity index (χ3n) is 4.64.